The highest BCUT2D eigenvalue weighted by molar-refractivity contribution is 7.89. The molecule has 7 heteroatoms. The van der Waals surface area contributed by atoms with Crippen LogP contribution in [0.15, 0.2) is 54.6 Å². The SMILES string of the molecule is C[C@@H](Oc1ccccc1)C(=O)NCCS(=O)(=O)N1CCc2ccccc2C1. The van der Waals surface area contributed by atoms with Crippen LogP contribution in [0, 0.1) is 0 Å². The van der Waals surface area contributed by atoms with Crippen molar-refractivity contribution in [1.29, 1.82) is 0 Å². The molecule has 0 aliphatic carbocycles. The average molecular weight is 388 g/mol. The summed E-state index contributed by atoms with van der Waals surface area (Å²) in [4.78, 5) is 12.1. The molecule has 0 bridgehead atoms. The van der Waals surface area contributed by atoms with Gasteiger partial charge in [-0.3, -0.25) is 4.79 Å². The zero-order valence-electron chi connectivity index (χ0n) is 15.3. The van der Waals surface area contributed by atoms with Gasteiger partial charge in [0.15, 0.2) is 6.10 Å². The summed E-state index contributed by atoms with van der Waals surface area (Å²) in [5.74, 6) is 0.136. The number of benzene rings is 2. The summed E-state index contributed by atoms with van der Waals surface area (Å²) in [7, 11) is -3.43. The number of nitrogens with zero attached hydrogens (tertiary/aromatic N) is 1. The molecule has 1 amide bonds. The van der Waals surface area contributed by atoms with Crippen LogP contribution in [-0.2, 0) is 27.8 Å². The van der Waals surface area contributed by atoms with Crippen LogP contribution in [0.4, 0.5) is 0 Å². The monoisotopic (exact) mass is 388 g/mol. The number of sulfonamides is 1. The van der Waals surface area contributed by atoms with Gasteiger partial charge in [-0.15, -0.1) is 0 Å². The molecular weight excluding hydrogens is 364 g/mol. The number of rotatable bonds is 7. The Labute approximate surface area is 160 Å². The van der Waals surface area contributed by atoms with E-state index in [0.29, 0.717) is 25.3 Å². The van der Waals surface area contributed by atoms with Gasteiger partial charge < -0.3 is 10.1 Å². The van der Waals surface area contributed by atoms with Gasteiger partial charge in [0.25, 0.3) is 5.91 Å². The summed E-state index contributed by atoms with van der Waals surface area (Å²) in [5.41, 5.74) is 2.24. The number of carbonyl (C=O) groups is 1. The first-order valence-corrected chi connectivity index (χ1v) is 10.6. The number of amides is 1. The molecule has 27 heavy (non-hydrogen) atoms. The Kier molecular flexibility index (Phi) is 6.13. The predicted molar refractivity (Wildman–Crippen MR) is 104 cm³/mol. The van der Waals surface area contributed by atoms with Crippen molar-refractivity contribution in [3.63, 3.8) is 0 Å². The fraction of sp³-hybridized carbons (Fsp3) is 0.350. The van der Waals surface area contributed by atoms with Gasteiger partial charge in [0, 0.05) is 19.6 Å². The number of hydrogen-bond acceptors (Lipinski definition) is 4. The van der Waals surface area contributed by atoms with Crippen molar-refractivity contribution in [2.75, 3.05) is 18.8 Å². The standard InChI is InChI=1S/C20H24N2O4S/c1-16(26-19-9-3-2-4-10-19)20(23)21-12-14-27(24,25)22-13-11-17-7-5-6-8-18(17)15-22/h2-10,16H,11-15H2,1H3,(H,21,23)/t16-/m1/s1. The molecule has 0 saturated carbocycles. The van der Waals surface area contributed by atoms with Gasteiger partial charge in [-0.25, -0.2) is 8.42 Å². The maximum absolute atomic E-state index is 12.6. The minimum atomic E-state index is -3.43. The van der Waals surface area contributed by atoms with Crippen molar-refractivity contribution < 1.29 is 17.9 Å². The highest BCUT2D eigenvalue weighted by atomic mass is 32.2. The summed E-state index contributed by atoms with van der Waals surface area (Å²) in [6.07, 6.45) is 0.0148. The number of fused-ring (bicyclic) bond motifs is 1. The normalized spacial score (nSPS) is 15.6. The molecule has 0 saturated heterocycles. The zero-order chi connectivity index (χ0) is 19.3. The van der Waals surface area contributed by atoms with Crippen molar-refractivity contribution >= 4 is 15.9 Å². The van der Waals surface area contributed by atoms with E-state index in [9.17, 15) is 13.2 Å². The van der Waals surface area contributed by atoms with Crippen LogP contribution in [0.5, 0.6) is 5.75 Å². The van der Waals surface area contributed by atoms with E-state index in [1.807, 2.05) is 42.5 Å². The van der Waals surface area contributed by atoms with Crippen molar-refractivity contribution in [3.05, 3.63) is 65.7 Å². The number of ether oxygens (including phenoxy) is 1. The van der Waals surface area contributed by atoms with Crippen LogP contribution in [-0.4, -0.2) is 43.6 Å². The van der Waals surface area contributed by atoms with E-state index in [1.54, 1.807) is 19.1 Å². The average Bonchev–Trinajstić information content (AvgIpc) is 2.68. The lowest BCUT2D eigenvalue weighted by Crippen LogP contribution is -2.42. The highest BCUT2D eigenvalue weighted by Gasteiger charge is 2.26. The molecule has 1 aliphatic heterocycles. The Morgan fingerprint density at radius 3 is 2.52 bits per heavy atom. The van der Waals surface area contributed by atoms with Crippen LogP contribution in [0.25, 0.3) is 0 Å². The molecule has 0 fully saturated rings. The van der Waals surface area contributed by atoms with Gasteiger partial charge in [-0.2, -0.15) is 4.31 Å². The van der Waals surface area contributed by atoms with E-state index in [4.69, 9.17) is 4.74 Å². The van der Waals surface area contributed by atoms with E-state index in [2.05, 4.69) is 5.32 Å². The molecule has 144 valence electrons. The lowest BCUT2D eigenvalue weighted by atomic mass is 10.0. The van der Waals surface area contributed by atoms with Crippen molar-refractivity contribution in [3.8, 4) is 5.75 Å². The Bertz CT molecular complexity index is 884. The Morgan fingerprint density at radius 2 is 1.78 bits per heavy atom. The number of carbonyl (C=O) groups excluding carboxylic acids is 1. The molecule has 0 radical (unpaired) electrons. The fourth-order valence-corrected chi connectivity index (χ4v) is 4.36. The molecular formula is C20H24N2O4S. The second-order valence-corrected chi connectivity index (χ2v) is 8.62. The first-order valence-electron chi connectivity index (χ1n) is 9.00. The molecule has 1 aliphatic rings. The van der Waals surface area contributed by atoms with E-state index in [1.165, 1.54) is 9.87 Å². The second-order valence-electron chi connectivity index (χ2n) is 6.53. The van der Waals surface area contributed by atoms with Gasteiger partial charge in [0.1, 0.15) is 5.75 Å². The lowest BCUT2D eigenvalue weighted by molar-refractivity contribution is -0.127. The summed E-state index contributed by atoms with van der Waals surface area (Å²) >= 11 is 0. The Hall–Kier alpha value is -2.38. The third-order valence-electron chi connectivity index (χ3n) is 4.57. The Morgan fingerprint density at radius 1 is 1.11 bits per heavy atom. The van der Waals surface area contributed by atoms with Crippen molar-refractivity contribution in [2.45, 2.75) is 26.0 Å². The molecule has 0 unspecified atom stereocenters. The molecule has 6 nitrogen and oxygen atoms in total. The number of para-hydroxylation sites is 1. The zero-order valence-corrected chi connectivity index (χ0v) is 16.1. The molecule has 3 rings (SSSR count). The van der Waals surface area contributed by atoms with Crippen molar-refractivity contribution in [2.24, 2.45) is 0 Å². The topological polar surface area (TPSA) is 75.7 Å². The van der Waals surface area contributed by atoms with Gasteiger partial charge in [-0.05, 0) is 36.6 Å². The molecule has 2 aromatic carbocycles. The van der Waals surface area contributed by atoms with Crippen LogP contribution < -0.4 is 10.1 Å². The van der Waals surface area contributed by atoms with Crippen LogP contribution in [0.3, 0.4) is 0 Å². The van der Waals surface area contributed by atoms with Gasteiger partial charge in [0.05, 0.1) is 5.75 Å². The van der Waals surface area contributed by atoms with Gasteiger partial charge >= 0.3 is 0 Å². The molecule has 1 atom stereocenters. The van der Waals surface area contributed by atoms with E-state index in [-0.39, 0.29) is 18.2 Å². The maximum Gasteiger partial charge on any atom is 0.260 e. The van der Waals surface area contributed by atoms with Gasteiger partial charge in [0.2, 0.25) is 10.0 Å². The first-order chi connectivity index (χ1) is 13.0. The maximum atomic E-state index is 12.6. The van der Waals surface area contributed by atoms with Gasteiger partial charge in [-0.1, -0.05) is 42.5 Å². The molecule has 2 aromatic rings. The molecule has 0 aromatic heterocycles. The quantitative estimate of drug-likeness (QED) is 0.787. The predicted octanol–water partition coefficient (Wildman–Crippen LogP) is 1.96. The van der Waals surface area contributed by atoms with Crippen LogP contribution in [0.1, 0.15) is 18.1 Å². The summed E-state index contributed by atoms with van der Waals surface area (Å²) in [6, 6.07) is 16.9. The molecule has 0 spiro atoms. The fourth-order valence-electron chi connectivity index (χ4n) is 3.04. The van der Waals surface area contributed by atoms with Crippen LogP contribution in [0.2, 0.25) is 0 Å². The summed E-state index contributed by atoms with van der Waals surface area (Å²) in [5, 5.41) is 2.65. The summed E-state index contributed by atoms with van der Waals surface area (Å²) in [6.45, 7) is 2.56. The van der Waals surface area contributed by atoms with Crippen LogP contribution >= 0.6 is 0 Å². The minimum Gasteiger partial charge on any atom is -0.481 e. The smallest absolute Gasteiger partial charge is 0.260 e. The third kappa shape index (κ3) is 5.08. The minimum absolute atomic E-state index is 0.0573. The molecule has 1 heterocycles. The van der Waals surface area contributed by atoms with E-state index >= 15 is 0 Å². The molecule has 1 N–H and O–H groups in total. The van der Waals surface area contributed by atoms with E-state index < -0.39 is 16.1 Å². The largest absolute Gasteiger partial charge is 0.481 e. The number of nitrogens with one attached hydrogen (secondary N) is 1. The highest BCUT2D eigenvalue weighted by Crippen LogP contribution is 2.20. The van der Waals surface area contributed by atoms with E-state index in [0.717, 1.165) is 5.56 Å². The summed E-state index contributed by atoms with van der Waals surface area (Å²) < 4.78 is 32.2. The van der Waals surface area contributed by atoms with Crippen molar-refractivity contribution in [1.82, 2.24) is 9.62 Å². The third-order valence-corrected chi connectivity index (χ3v) is 6.39. The first kappa shape index (κ1) is 19.4. The second kappa shape index (κ2) is 8.54. The lowest BCUT2D eigenvalue weighted by Gasteiger charge is -2.28. The Balaban J connectivity index is 1.48. The number of hydrogen-bond donors (Lipinski definition) is 1.